The van der Waals surface area contributed by atoms with Crippen molar-refractivity contribution in [1.29, 1.82) is 0 Å². The maximum absolute atomic E-state index is 5.93. The number of fused-ring (bicyclic) bond motifs is 3. The van der Waals surface area contributed by atoms with Gasteiger partial charge in [-0.2, -0.15) is 4.98 Å². The van der Waals surface area contributed by atoms with Crippen LogP contribution in [0.25, 0.3) is 10.2 Å². The second-order valence-corrected chi connectivity index (χ2v) is 7.10. The second kappa shape index (κ2) is 5.10. The number of anilines is 2. The van der Waals surface area contributed by atoms with Crippen LogP contribution in [0.4, 0.5) is 11.8 Å². The summed E-state index contributed by atoms with van der Waals surface area (Å²) in [6.07, 6.45) is 4.27. The van der Waals surface area contributed by atoms with E-state index in [4.69, 9.17) is 4.74 Å². The molecule has 3 atom stereocenters. The van der Waals surface area contributed by atoms with Gasteiger partial charge in [-0.1, -0.05) is 0 Å². The predicted molar refractivity (Wildman–Crippen MR) is 86.2 cm³/mol. The Morgan fingerprint density at radius 1 is 1.38 bits per heavy atom. The molecule has 0 aliphatic carbocycles. The van der Waals surface area contributed by atoms with Crippen molar-refractivity contribution in [2.45, 2.75) is 51.4 Å². The molecule has 21 heavy (non-hydrogen) atoms. The molecule has 112 valence electrons. The Bertz CT molecular complexity index is 671. The lowest BCUT2D eigenvalue weighted by Gasteiger charge is -2.21. The molecule has 2 aliphatic heterocycles. The summed E-state index contributed by atoms with van der Waals surface area (Å²) in [5, 5.41) is 7.97. The fourth-order valence-corrected chi connectivity index (χ4v) is 4.23. The number of rotatable bonds is 4. The first-order valence-corrected chi connectivity index (χ1v) is 8.48. The van der Waals surface area contributed by atoms with Gasteiger partial charge >= 0.3 is 0 Å². The average molecular weight is 304 g/mol. The molecule has 2 fully saturated rings. The molecule has 2 aliphatic rings. The molecule has 4 rings (SSSR count). The van der Waals surface area contributed by atoms with E-state index in [2.05, 4.69) is 40.5 Å². The quantitative estimate of drug-likeness (QED) is 0.908. The lowest BCUT2D eigenvalue weighted by Crippen LogP contribution is -2.31. The van der Waals surface area contributed by atoms with Gasteiger partial charge in [0.05, 0.1) is 23.6 Å². The normalized spacial score (nSPS) is 27.4. The van der Waals surface area contributed by atoms with Gasteiger partial charge in [0.1, 0.15) is 10.6 Å². The maximum Gasteiger partial charge on any atom is 0.226 e. The van der Waals surface area contributed by atoms with Gasteiger partial charge in [0, 0.05) is 11.4 Å². The molecule has 5 nitrogen and oxygen atoms in total. The van der Waals surface area contributed by atoms with Crippen LogP contribution in [0.1, 0.15) is 31.1 Å². The van der Waals surface area contributed by atoms with Gasteiger partial charge in [-0.3, -0.25) is 0 Å². The molecule has 0 amide bonds. The first-order chi connectivity index (χ1) is 10.2. The third-order valence-corrected chi connectivity index (χ3v) is 5.22. The van der Waals surface area contributed by atoms with E-state index in [1.807, 2.05) is 0 Å². The summed E-state index contributed by atoms with van der Waals surface area (Å²) in [4.78, 5) is 11.6. The first-order valence-electron chi connectivity index (χ1n) is 7.67. The van der Waals surface area contributed by atoms with Crippen molar-refractivity contribution in [3.8, 4) is 0 Å². The van der Waals surface area contributed by atoms with Crippen LogP contribution in [0.15, 0.2) is 6.07 Å². The highest BCUT2D eigenvalue weighted by molar-refractivity contribution is 7.18. The van der Waals surface area contributed by atoms with Crippen molar-refractivity contribution >= 4 is 33.3 Å². The lowest BCUT2D eigenvalue weighted by molar-refractivity contribution is 0.102. The highest BCUT2D eigenvalue weighted by Gasteiger charge is 2.41. The number of nitrogens with zero attached hydrogens (tertiary/aromatic N) is 2. The molecule has 4 heterocycles. The monoisotopic (exact) mass is 304 g/mol. The van der Waals surface area contributed by atoms with E-state index in [0.717, 1.165) is 29.0 Å². The third kappa shape index (κ3) is 2.36. The topological polar surface area (TPSA) is 59.1 Å². The molecule has 0 spiro atoms. The Hall–Kier alpha value is -1.40. The van der Waals surface area contributed by atoms with Crippen LogP contribution < -0.4 is 10.6 Å². The number of aryl methyl sites for hydroxylation is 1. The molecule has 2 aromatic rings. The summed E-state index contributed by atoms with van der Waals surface area (Å²) < 4.78 is 5.93. The maximum atomic E-state index is 5.93. The van der Waals surface area contributed by atoms with Crippen LogP contribution in [-0.4, -0.2) is 34.8 Å². The van der Waals surface area contributed by atoms with Gasteiger partial charge in [-0.25, -0.2) is 4.98 Å². The second-order valence-electron chi connectivity index (χ2n) is 5.86. The summed E-state index contributed by atoms with van der Waals surface area (Å²) in [7, 11) is 0. The molecular weight excluding hydrogens is 284 g/mol. The van der Waals surface area contributed by atoms with Crippen molar-refractivity contribution < 1.29 is 4.74 Å². The Morgan fingerprint density at radius 3 is 3.00 bits per heavy atom. The van der Waals surface area contributed by atoms with E-state index in [9.17, 15) is 0 Å². The Labute approximate surface area is 128 Å². The summed E-state index contributed by atoms with van der Waals surface area (Å²) in [6, 6.07) is 2.56. The highest BCUT2D eigenvalue weighted by Crippen LogP contribution is 2.37. The van der Waals surface area contributed by atoms with Crippen LogP contribution >= 0.6 is 11.3 Å². The largest absolute Gasteiger partial charge is 0.373 e. The van der Waals surface area contributed by atoms with Crippen LogP contribution in [-0.2, 0) is 4.74 Å². The molecule has 0 aromatic carbocycles. The molecule has 6 heteroatoms. The Kier molecular flexibility index (Phi) is 3.23. The summed E-state index contributed by atoms with van der Waals surface area (Å²) >= 11 is 1.72. The zero-order valence-corrected chi connectivity index (χ0v) is 13.2. The number of hydrogen-bond acceptors (Lipinski definition) is 6. The Morgan fingerprint density at radius 2 is 2.29 bits per heavy atom. The molecule has 2 aromatic heterocycles. The molecule has 0 saturated carbocycles. The molecule has 2 saturated heterocycles. The number of aromatic nitrogens is 2. The SMILES string of the molecule is CCNc1nc(NC2CC3CCC2O3)c2cc(C)sc2n1. The van der Waals surface area contributed by atoms with Crippen molar-refractivity contribution in [1.82, 2.24) is 9.97 Å². The highest BCUT2D eigenvalue weighted by atomic mass is 32.1. The van der Waals surface area contributed by atoms with Gasteiger partial charge in [-0.15, -0.1) is 11.3 Å². The van der Waals surface area contributed by atoms with E-state index in [1.165, 1.54) is 17.7 Å². The van der Waals surface area contributed by atoms with Gasteiger partial charge < -0.3 is 15.4 Å². The standard InChI is InChI=1S/C15H20N4OS/c1-3-16-15-18-13(10-6-8(2)21-14(10)19-15)17-11-7-9-4-5-12(11)20-9/h6,9,11-12H,3-5,7H2,1-2H3,(H2,16,17,18,19). The molecule has 0 radical (unpaired) electrons. The minimum atomic E-state index is 0.349. The van der Waals surface area contributed by atoms with E-state index < -0.39 is 0 Å². The zero-order valence-electron chi connectivity index (χ0n) is 12.3. The number of nitrogens with one attached hydrogen (secondary N) is 2. The number of ether oxygens (including phenoxy) is 1. The summed E-state index contributed by atoms with van der Waals surface area (Å²) in [5.74, 6) is 1.65. The van der Waals surface area contributed by atoms with Crippen molar-refractivity contribution in [3.63, 3.8) is 0 Å². The van der Waals surface area contributed by atoms with Gasteiger partial charge in [0.15, 0.2) is 0 Å². The minimum absolute atomic E-state index is 0.349. The van der Waals surface area contributed by atoms with Gasteiger partial charge in [-0.05, 0) is 39.2 Å². The van der Waals surface area contributed by atoms with Crippen LogP contribution in [0.3, 0.4) is 0 Å². The van der Waals surface area contributed by atoms with Crippen LogP contribution in [0.2, 0.25) is 0 Å². The first kappa shape index (κ1) is 13.3. The van der Waals surface area contributed by atoms with Gasteiger partial charge in [0.2, 0.25) is 5.95 Å². The van der Waals surface area contributed by atoms with Gasteiger partial charge in [0.25, 0.3) is 0 Å². The van der Waals surface area contributed by atoms with E-state index in [1.54, 1.807) is 11.3 Å². The van der Waals surface area contributed by atoms with Crippen LogP contribution in [0.5, 0.6) is 0 Å². The molecular formula is C15H20N4OS. The number of hydrogen-bond donors (Lipinski definition) is 2. The zero-order chi connectivity index (χ0) is 14.4. The molecule has 2 N–H and O–H groups in total. The van der Waals surface area contributed by atoms with E-state index in [0.29, 0.717) is 24.2 Å². The summed E-state index contributed by atoms with van der Waals surface area (Å²) in [5.41, 5.74) is 0. The summed E-state index contributed by atoms with van der Waals surface area (Å²) in [6.45, 7) is 5.00. The Balaban J connectivity index is 1.68. The van der Waals surface area contributed by atoms with E-state index in [-0.39, 0.29) is 0 Å². The third-order valence-electron chi connectivity index (χ3n) is 4.28. The fraction of sp³-hybridized carbons (Fsp3) is 0.600. The smallest absolute Gasteiger partial charge is 0.226 e. The molecule has 2 bridgehead atoms. The van der Waals surface area contributed by atoms with E-state index >= 15 is 0 Å². The van der Waals surface area contributed by atoms with Crippen molar-refractivity contribution in [2.24, 2.45) is 0 Å². The number of thiophene rings is 1. The fourth-order valence-electron chi connectivity index (χ4n) is 3.35. The van der Waals surface area contributed by atoms with Crippen LogP contribution in [0, 0.1) is 6.92 Å². The minimum Gasteiger partial charge on any atom is -0.373 e. The lowest BCUT2D eigenvalue weighted by atomic mass is 9.95. The van der Waals surface area contributed by atoms with Crippen molar-refractivity contribution in [3.05, 3.63) is 10.9 Å². The average Bonchev–Trinajstić information content (AvgIpc) is 3.13. The predicted octanol–water partition coefficient (Wildman–Crippen LogP) is 3.16. The molecule has 3 unspecified atom stereocenters. The van der Waals surface area contributed by atoms with Crippen molar-refractivity contribution in [2.75, 3.05) is 17.2 Å².